The van der Waals surface area contributed by atoms with Crippen LogP contribution in [0.2, 0.25) is 0 Å². The number of esters is 1. The maximum Gasteiger partial charge on any atom is 0.323 e. The molecule has 1 spiro atoms. The Hall–Kier alpha value is -2.59. The van der Waals surface area contributed by atoms with Gasteiger partial charge in [-0.1, -0.05) is 19.1 Å². The van der Waals surface area contributed by atoms with Gasteiger partial charge in [-0.15, -0.1) is 0 Å². The van der Waals surface area contributed by atoms with E-state index < -0.39 is 53.0 Å². The molecule has 3 fully saturated rings. The van der Waals surface area contributed by atoms with Crippen LogP contribution < -0.4 is 0 Å². The second-order valence-corrected chi connectivity index (χ2v) is 10.1. The van der Waals surface area contributed by atoms with Gasteiger partial charge in [0.25, 0.3) is 0 Å². The number of Topliss-reactive ketones (excluding diaryl/α,β-unsaturated/α-hetero) is 2. The SMILES string of the molecule is CC1CC(=O)C2=C3C(=O)c4cccc(O)c4C(O)C3(O)C(O)C3OC(=O)C4CCCN4C23C1. The number of rotatable bonds is 0. The Labute approximate surface area is 189 Å². The van der Waals surface area contributed by atoms with E-state index in [4.69, 9.17) is 4.74 Å². The number of fused-ring (bicyclic) bond motifs is 3. The summed E-state index contributed by atoms with van der Waals surface area (Å²) >= 11 is 0. The second kappa shape index (κ2) is 6.50. The Balaban J connectivity index is 1.72. The molecule has 0 radical (unpaired) electrons. The molecule has 1 aromatic carbocycles. The quantitative estimate of drug-likeness (QED) is 0.402. The van der Waals surface area contributed by atoms with Crippen molar-refractivity contribution in [1.29, 1.82) is 0 Å². The summed E-state index contributed by atoms with van der Waals surface area (Å²) < 4.78 is 5.73. The summed E-state index contributed by atoms with van der Waals surface area (Å²) in [5, 5.41) is 44.9. The normalized spacial score (nSPS) is 42.2. The van der Waals surface area contributed by atoms with E-state index in [0.29, 0.717) is 25.8 Å². The van der Waals surface area contributed by atoms with E-state index in [1.54, 1.807) is 0 Å². The summed E-state index contributed by atoms with van der Waals surface area (Å²) in [6.07, 6.45) is -3.46. The minimum atomic E-state index is -2.63. The monoisotopic (exact) mass is 455 g/mol. The Morgan fingerprint density at radius 3 is 2.67 bits per heavy atom. The lowest BCUT2D eigenvalue weighted by Crippen LogP contribution is -2.78. The van der Waals surface area contributed by atoms with Crippen LogP contribution in [0.4, 0.5) is 0 Å². The van der Waals surface area contributed by atoms with Crippen LogP contribution >= 0.6 is 0 Å². The highest BCUT2D eigenvalue weighted by atomic mass is 16.6. The van der Waals surface area contributed by atoms with Crippen molar-refractivity contribution in [2.75, 3.05) is 6.54 Å². The van der Waals surface area contributed by atoms with Crippen molar-refractivity contribution < 1.29 is 39.5 Å². The van der Waals surface area contributed by atoms with E-state index in [1.807, 2.05) is 11.8 Å². The van der Waals surface area contributed by atoms with Crippen LogP contribution in [0.3, 0.4) is 0 Å². The Bertz CT molecular complexity index is 1160. The number of aromatic hydroxyl groups is 1. The first kappa shape index (κ1) is 21.0. The van der Waals surface area contributed by atoms with Gasteiger partial charge in [-0.3, -0.25) is 19.3 Å². The average Bonchev–Trinajstić information content (AvgIpc) is 3.26. The number of carbonyl (C=O) groups is 3. The first-order valence-electron chi connectivity index (χ1n) is 11.3. The van der Waals surface area contributed by atoms with Gasteiger partial charge < -0.3 is 25.2 Å². The molecule has 174 valence electrons. The van der Waals surface area contributed by atoms with Crippen LogP contribution in [0, 0.1) is 5.92 Å². The largest absolute Gasteiger partial charge is 0.508 e. The molecule has 4 N–H and O–H groups in total. The van der Waals surface area contributed by atoms with Crippen molar-refractivity contribution in [2.24, 2.45) is 5.92 Å². The van der Waals surface area contributed by atoms with Gasteiger partial charge in [-0.05, 0) is 31.2 Å². The van der Waals surface area contributed by atoms with Gasteiger partial charge in [0.1, 0.15) is 24.0 Å². The first-order valence-corrected chi connectivity index (χ1v) is 11.3. The minimum Gasteiger partial charge on any atom is -0.508 e. The van der Waals surface area contributed by atoms with E-state index in [1.165, 1.54) is 18.2 Å². The summed E-state index contributed by atoms with van der Waals surface area (Å²) in [5.41, 5.74) is -4.48. The van der Waals surface area contributed by atoms with Crippen LogP contribution in [0.1, 0.15) is 54.6 Å². The third kappa shape index (κ3) is 2.28. The molecule has 33 heavy (non-hydrogen) atoms. The fourth-order valence-electron chi connectivity index (χ4n) is 7.09. The minimum absolute atomic E-state index is 0.0239. The Kier molecular flexibility index (Phi) is 4.13. The lowest BCUT2D eigenvalue weighted by molar-refractivity contribution is -0.234. The molecule has 2 saturated heterocycles. The summed E-state index contributed by atoms with van der Waals surface area (Å²) in [7, 11) is 0. The topological polar surface area (TPSA) is 145 Å². The van der Waals surface area contributed by atoms with Gasteiger partial charge in [0.2, 0.25) is 0 Å². The number of ketones is 2. The number of morpholine rings is 1. The van der Waals surface area contributed by atoms with Crippen molar-refractivity contribution in [2.45, 2.75) is 68.1 Å². The van der Waals surface area contributed by atoms with Crippen LogP contribution in [0.15, 0.2) is 29.3 Å². The molecule has 2 heterocycles. The molecule has 1 saturated carbocycles. The number of carbonyl (C=O) groups excluding carboxylic acids is 3. The number of aliphatic hydroxyl groups excluding tert-OH is 2. The Morgan fingerprint density at radius 2 is 1.91 bits per heavy atom. The lowest BCUT2D eigenvalue weighted by atomic mass is 9.54. The lowest BCUT2D eigenvalue weighted by Gasteiger charge is -2.62. The third-order valence-electron chi connectivity index (χ3n) is 8.29. The molecule has 7 unspecified atom stereocenters. The Morgan fingerprint density at radius 1 is 1.15 bits per heavy atom. The molecule has 6 rings (SSSR count). The summed E-state index contributed by atoms with van der Waals surface area (Å²) in [4.78, 5) is 42.1. The highest BCUT2D eigenvalue weighted by Gasteiger charge is 2.73. The summed E-state index contributed by atoms with van der Waals surface area (Å²) in [5.74, 6) is -2.18. The number of ether oxygens (including phenoxy) is 1. The van der Waals surface area contributed by atoms with Gasteiger partial charge >= 0.3 is 5.97 Å². The molecule has 3 aliphatic carbocycles. The van der Waals surface area contributed by atoms with Crippen molar-refractivity contribution in [3.63, 3.8) is 0 Å². The molecule has 5 aliphatic rings. The third-order valence-corrected chi connectivity index (χ3v) is 8.29. The number of nitrogens with zero attached hydrogens (tertiary/aromatic N) is 1. The summed E-state index contributed by atoms with van der Waals surface area (Å²) in [6.45, 7) is 2.37. The highest BCUT2D eigenvalue weighted by Crippen LogP contribution is 2.59. The van der Waals surface area contributed by atoms with Crippen molar-refractivity contribution in [3.05, 3.63) is 40.5 Å². The van der Waals surface area contributed by atoms with Crippen molar-refractivity contribution >= 4 is 17.5 Å². The zero-order chi connectivity index (χ0) is 23.4. The second-order valence-electron chi connectivity index (χ2n) is 10.1. The molecule has 0 aromatic heterocycles. The van der Waals surface area contributed by atoms with Crippen LogP contribution in [-0.4, -0.2) is 78.8 Å². The standard InChI is InChI=1S/C24H25NO8/c1-10-8-14(27)16-17-18(28)11-4-2-6-13(26)15(11)19(29)24(17,32)20(30)21-23(16,9-10)25-7-3-5-12(25)22(31)33-21/h2,4,6,10,12,19-21,26,29-30,32H,3,5,7-9H2,1H3. The smallest absolute Gasteiger partial charge is 0.323 e. The number of hydrogen-bond acceptors (Lipinski definition) is 9. The van der Waals surface area contributed by atoms with Crippen molar-refractivity contribution in [1.82, 2.24) is 4.90 Å². The summed E-state index contributed by atoms with van der Waals surface area (Å²) in [6, 6.07) is 3.51. The van der Waals surface area contributed by atoms with Crippen LogP contribution in [0.25, 0.3) is 0 Å². The fourth-order valence-corrected chi connectivity index (χ4v) is 7.09. The van der Waals surface area contributed by atoms with Gasteiger partial charge in [0.15, 0.2) is 23.3 Å². The van der Waals surface area contributed by atoms with E-state index in [9.17, 15) is 34.8 Å². The molecule has 0 amide bonds. The van der Waals surface area contributed by atoms with Gasteiger partial charge in [-0.25, -0.2) is 0 Å². The number of benzene rings is 1. The van der Waals surface area contributed by atoms with E-state index in [-0.39, 0.29) is 40.4 Å². The van der Waals surface area contributed by atoms with Gasteiger partial charge in [-0.2, -0.15) is 0 Å². The molecule has 0 bridgehead atoms. The number of aliphatic hydroxyl groups is 3. The van der Waals surface area contributed by atoms with Gasteiger partial charge in [0, 0.05) is 35.2 Å². The van der Waals surface area contributed by atoms with Crippen LogP contribution in [0.5, 0.6) is 5.75 Å². The van der Waals surface area contributed by atoms with Crippen LogP contribution in [-0.2, 0) is 14.3 Å². The van der Waals surface area contributed by atoms with E-state index in [2.05, 4.69) is 0 Å². The molecule has 9 heteroatoms. The molecule has 1 aromatic rings. The predicted octanol–water partition coefficient (Wildman–Crippen LogP) is 0.152. The molecule has 2 aliphatic heterocycles. The molecular formula is C24H25NO8. The number of phenols is 1. The maximum absolute atomic E-state index is 13.8. The predicted molar refractivity (Wildman–Crippen MR) is 111 cm³/mol. The number of phenolic OH excluding ortho intramolecular Hbond substituents is 1. The highest BCUT2D eigenvalue weighted by molar-refractivity contribution is 6.19. The van der Waals surface area contributed by atoms with Gasteiger partial charge in [0.05, 0.1) is 5.54 Å². The number of hydrogen-bond donors (Lipinski definition) is 4. The fraction of sp³-hybridized carbons (Fsp3) is 0.542. The van der Waals surface area contributed by atoms with Crippen molar-refractivity contribution in [3.8, 4) is 5.75 Å². The average molecular weight is 455 g/mol. The zero-order valence-corrected chi connectivity index (χ0v) is 18.0. The maximum atomic E-state index is 13.8. The molecular weight excluding hydrogens is 430 g/mol. The molecule has 9 nitrogen and oxygen atoms in total. The van der Waals surface area contributed by atoms with E-state index >= 15 is 0 Å². The first-order chi connectivity index (χ1) is 15.6. The zero-order valence-electron chi connectivity index (χ0n) is 18.0. The molecule has 7 atom stereocenters. The van der Waals surface area contributed by atoms with E-state index in [0.717, 1.165) is 0 Å².